The van der Waals surface area contributed by atoms with Crippen molar-refractivity contribution in [3.63, 3.8) is 0 Å². The van der Waals surface area contributed by atoms with Crippen LogP contribution in [0.4, 0.5) is 5.95 Å². The highest BCUT2D eigenvalue weighted by Gasteiger charge is 2.19. The Morgan fingerprint density at radius 1 is 1.35 bits per heavy atom. The van der Waals surface area contributed by atoms with Gasteiger partial charge < -0.3 is 20.7 Å². The highest BCUT2D eigenvalue weighted by molar-refractivity contribution is 5.88. The average molecular weight is 314 g/mol. The number of nitrogen functional groups attached to an aromatic ring is 1. The molecule has 0 radical (unpaired) electrons. The molecule has 3 rings (SSSR count). The maximum absolute atomic E-state index is 5.60. The van der Waals surface area contributed by atoms with Gasteiger partial charge in [0, 0.05) is 48.9 Å². The molecule has 0 aromatic carbocycles. The predicted molar refractivity (Wildman–Crippen MR) is 90.6 cm³/mol. The van der Waals surface area contributed by atoms with Crippen LogP contribution < -0.4 is 11.1 Å². The maximum atomic E-state index is 5.60. The van der Waals surface area contributed by atoms with Gasteiger partial charge in [-0.1, -0.05) is 6.58 Å². The Kier molecular flexibility index (Phi) is 4.57. The van der Waals surface area contributed by atoms with Crippen molar-refractivity contribution in [2.75, 3.05) is 38.6 Å². The number of nitrogens with one attached hydrogen (secondary N) is 1. The Labute approximate surface area is 136 Å². The zero-order chi connectivity index (χ0) is 16.2. The number of hydrogen-bond acceptors (Lipinski definition) is 6. The lowest BCUT2D eigenvalue weighted by molar-refractivity contribution is 0.0678. The molecule has 3 N–H and O–H groups in total. The van der Waals surface area contributed by atoms with Crippen LogP contribution >= 0.6 is 0 Å². The third kappa shape index (κ3) is 3.50. The molecular formula is C16H22N6O. The van der Waals surface area contributed by atoms with Crippen LogP contribution in [0.15, 0.2) is 35.2 Å². The van der Waals surface area contributed by atoms with Crippen molar-refractivity contribution in [1.29, 1.82) is 0 Å². The van der Waals surface area contributed by atoms with E-state index in [1.807, 2.05) is 6.92 Å². The molecule has 0 saturated carbocycles. The maximum Gasteiger partial charge on any atom is 0.219 e. The van der Waals surface area contributed by atoms with E-state index in [4.69, 9.17) is 15.5 Å². The van der Waals surface area contributed by atoms with Crippen LogP contribution in [0.2, 0.25) is 0 Å². The first-order valence-electron chi connectivity index (χ1n) is 7.77. The molecule has 2 aliphatic heterocycles. The van der Waals surface area contributed by atoms with Crippen molar-refractivity contribution in [2.24, 2.45) is 4.99 Å². The number of nitrogens with zero attached hydrogens (tertiary/aromatic N) is 4. The second-order valence-electron chi connectivity index (χ2n) is 5.57. The van der Waals surface area contributed by atoms with Gasteiger partial charge in [0.05, 0.1) is 18.9 Å². The number of rotatable bonds is 2. The molecule has 1 aromatic rings. The predicted octanol–water partition coefficient (Wildman–Crippen LogP) is 1.03. The number of ether oxygens (including phenoxy) is 1. The van der Waals surface area contributed by atoms with Crippen molar-refractivity contribution in [1.82, 2.24) is 20.2 Å². The van der Waals surface area contributed by atoms with Crippen LogP contribution in [-0.2, 0) is 4.74 Å². The van der Waals surface area contributed by atoms with Gasteiger partial charge in [-0.05, 0) is 13.3 Å². The summed E-state index contributed by atoms with van der Waals surface area (Å²) in [5.74, 6) is 1.22. The first-order valence-corrected chi connectivity index (χ1v) is 7.77. The van der Waals surface area contributed by atoms with Crippen LogP contribution in [0.25, 0.3) is 5.70 Å². The number of aromatic nitrogens is 2. The number of aliphatic imine (C=N–C) groups is 1. The van der Waals surface area contributed by atoms with E-state index in [2.05, 4.69) is 26.8 Å². The second kappa shape index (κ2) is 6.78. The highest BCUT2D eigenvalue weighted by atomic mass is 16.5. The number of anilines is 1. The van der Waals surface area contributed by atoms with Crippen LogP contribution in [0.1, 0.15) is 18.9 Å². The largest absolute Gasteiger partial charge is 0.385 e. The summed E-state index contributed by atoms with van der Waals surface area (Å²) >= 11 is 0. The third-order valence-corrected chi connectivity index (χ3v) is 4.05. The van der Waals surface area contributed by atoms with Gasteiger partial charge in [0.15, 0.2) is 0 Å². The normalized spacial score (nSPS) is 21.3. The van der Waals surface area contributed by atoms with Crippen LogP contribution in [0.3, 0.4) is 0 Å². The number of morpholine rings is 1. The van der Waals surface area contributed by atoms with Crippen LogP contribution in [0.5, 0.6) is 0 Å². The summed E-state index contributed by atoms with van der Waals surface area (Å²) in [6.45, 7) is 10.2. The molecule has 7 heteroatoms. The van der Waals surface area contributed by atoms with Crippen molar-refractivity contribution in [2.45, 2.75) is 13.3 Å². The molecule has 23 heavy (non-hydrogen) atoms. The Morgan fingerprint density at radius 2 is 2.04 bits per heavy atom. The number of nitrogens with two attached hydrogens (primary N) is 1. The lowest BCUT2D eigenvalue weighted by Crippen LogP contribution is -2.39. The SMILES string of the molecule is C=C1NCC/C1=C(/N=C(\C)N1CCOCC1)c1cnc(N)nc1. The number of amidine groups is 1. The molecule has 3 heterocycles. The molecule has 0 atom stereocenters. The molecule has 7 nitrogen and oxygen atoms in total. The first kappa shape index (κ1) is 15.5. The fourth-order valence-electron chi connectivity index (χ4n) is 2.74. The summed E-state index contributed by atoms with van der Waals surface area (Å²) in [5, 5.41) is 3.26. The Bertz CT molecular complexity index is 643. The standard InChI is InChI=1S/C16H22N6O/c1-11-14(3-4-18-11)15(13-9-19-16(17)20-10-13)21-12(2)22-5-7-23-8-6-22/h9-10,18H,1,3-8H2,2H3,(H2,17,19,20)/b15-14-,21-12+. The van der Waals surface area contributed by atoms with Gasteiger partial charge in [-0.15, -0.1) is 0 Å². The minimum Gasteiger partial charge on any atom is -0.385 e. The van der Waals surface area contributed by atoms with Crippen molar-refractivity contribution < 1.29 is 4.74 Å². The number of hydrogen-bond donors (Lipinski definition) is 2. The topological polar surface area (TPSA) is 88.7 Å². The van der Waals surface area contributed by atoms with E-state index in [1.54, 1.807) is 12.4 Å². The summed E-state index contributed by atoms with van der Waals surface area (Å²) in [7, 11) is 0. The van der Waals surface area contributed by atoms with Gasteiger partial charge in [0.2, 0.25) is 5.95 Å². The molecule has 0 aliphatic carbocycles. The molecule has 2 aliphatic rings. The van der Waals surface area contributed by atoms with Gasteiger partial charge in [0.25, 0.3) is 0 Å². The van der Waals surface area contributed by atoms with Crippen LogP contribution in [0, 0.1) is 0 Å². The lowest BCUT2D eigenvalue weighted by atomic mass is 10.1. The molecule has 0 amide bonds. The van der Waals surface area contributed by atoms with Gasteiger partial charge in [0.1, 0.15) is 5.84 Å². The Hall–Kier alpha value is -2.41. The zero-order valence-electron chi connectivity index (χ0n) is 13.4. The Balaban J connectivity index is 1.98. The summed E-state index contributed by atoms with van der Waals surface area (Å²) in [6, 6.07) is 0. The molecule has 0 bridgehead atoms. The smallest absolute Gasteiger partial charge is 0.219 e. The van der Waals surface area contributed by atoms with E-state index in [-0.39, 0.29) is 5.95 Å². The van der Waals surface area contributed by atoms with Crippen molar-refractivity contribution in [3.05, 3.63) is 35.8 Å². The van der Waals surface area contributed by atoms with E-state index in [0.717, 1.165) is 67.6 Å². The summed E-state index contributed by atoms with van der Waals surface area (Å²) in [6.07, 6.45) is 4.32. The third-order valence-electron chi connectivity index (χ3n) is 4.05. The summed E-state index contributed by atoms with van der Waals surface area (Å²) in [4.78, 5) is 15.3. The average Bonchev–Trinajstić information content (AvgIpc) is 3.00. The molecule has 1 aromatic heterocycles. The van der Waals surface area contributed by atoms with Gasteiger partial charge in [-0.3, -0.25) is 0 Å². The van der Waals surface area contributed by atoms with Crippen LogP contribution in [-0.4, -0.2) is 53.6 Å². The van der Waals surface area contributed by atoms with E-state index < -0.39 is 0 Å². The first-order chi connectivity index (χ1) is 11.1. The van der Waals surface area contributed by atoms with Gasteiger partial charge in [-0.2, -0.15) is 0 Å². The van der Waals surface area contributed by atoms with E-state index in [9.17, 15) is 0 Å². The Morgan fingerprint density at radius 3 is 2.65 bits per heavy atom. The van der Waals surface area contributed by atoms with Crippen molar-refractivity contribution >= 4 is 17.5 Å². The second-order valence-corrected chi connectivity index (χ2v) is 5.57. The van der Waals surface area contributed by atoms with E-state index in [0.29, 0.717) is 0 Å². The minimum absolute atomic E-state index is 0.260. The van der Waals surface area contributed by atoms with Crippen molar-refractivity contribution in [3.8, 4) is 0 Å². The molecular weight excluding hydrogens is 292 g/mol. The molecule has 2 saturated heterocycles. The summed E-state index contributed by atoms with van der Waals surface area (Å²) < 4.78 is 5.40. The van der Waals surface area contributed by atoms with E-state index in [1.165, 1.54) is 0 Å². The molecule has 122 valence electrons. The van der Waals surface area contributed by atoms with Gasteiger partial charge >= 0.3 is 0 Å². The summed E-state index contributed by atoms with van der Waals surface area (Å²) in [5.41, 5.74) is 9.33. The molecule has 0 unspecified atom stereocenters. The fraction of sp³-hybridized carbons (Fsp3) is 0.438. The quantitative estimate of drug-likeness (QED) is 0.626. The highest BCUT2D eigenvalue weighted by Crippen LogP contribution is 2.28. The van der Waals surface area contributed by atoms with E-state index >= 15 is 0 Å². The monoisotopic (exact) mass is 314 g/mol. The number of allylic oxidation sites excluding steroid dienone is 1. The zero-order valence-corrected chi connectivity index (χ0v) is 13.4. The van der Waals surface area contributed by atoms with Gasteiger partial charge in [-0.25, -0.2) is 15.0 Å². The molecule has 2 fully saturated rings. The molecule has 0 spiro atoms. The minimum atomic E-state index is 0.260. The lowest BCUT2D eigenvalue weighted by Gasteiger charge is -2.28. The fourth-order valence-corrected chi connectivity index (χ4v) is 2.74.